The molecule has 2 aromatic rings. The minimum Gasteiger partial charge on any atom is -0.280 e. The number of nitrogens with zero attached hydrogens (tertiary/aromatic N) is 1. The standard InChI is InChI=1S/C16H15BrN2O5S2/c1-11-2-3-12(10-15(11)17)18-26(23,24)14-6-4-13(5-7-14)19-16(20)8-9-25(19,21)22/h2-7,10,18H,8-9H2,1H3. The molecule has 1 amide bonds. The van der Waals surface area contributed by atoms with E-state index in [1.165, 1.54) is 24.3 Å². The van der Waals surface area contributed by atoms with Crippen molar-refractivity contribution in [1.82, 2.24) is 0 Å². The molecule has 0 saturated carbocycles. The molecule has 0 bridgehead atoms. The number of carbonyl (C=O) groups is 1. The van der Waals surface area contributed by atoms with Crippen LogP contribution >= 0.6 is 15.9 Å². The highest BCUT2D eigenvalue weighted by molar-refractivity contribution is 9.10. The average molecular weight is 459 g/mol. The quantitative estimate of drug-likeness (QED) is 0.758. The predicted molar refractivity (Wildman–Crippen MR) is 102 cm³/mol. The van der Waals surface area contributed by atoms with Crippen LogP contribution in [0.4, 0.5) is 11.4 Å². The van der Waals surface area contributed by atoms with Gasteiger partial charge in [0.15, 0.2) is 0 Å². The average Bonchev–Trinajstić information content (AvgIpc) is 2.84. The van der Waals surface area contributed by atoms with Crippen LogP contribution in [0.15, 0.2) is 51.8 Å². The number of aryl methyl sites for hydroxylation is 1. The molecule has 0 unspecified atom stereocenters. The highest BCUT2D eigenvalue weighted by Crippen LogP contribution is 2.27. The molecule has 1 saturated heterocycles. The molecule has 1 fully saturated rings. The number of anilines is 2. The first-order chi connectivity index (χ1) is 12.1. The molecule has 0 atom stereocenters. The van der Waals surface area contributed by atoms with Crippen molar-refractivity contribution >= 4 is 53.3 Å². The fourth-order valence-electron chi connectivity index (χ4n) is 2.50. The number of amides is 1. The number of sulfonamides is 2. The molecule has 138 valence electrons. The maximum Gasteiger partial charge on any atom is 0.261 e. The normalized spacial score (nSPS) is 16.7. The van der Waals surface area contributed by atoms with E-state index in [-0.39, 0.29) is 22.8 Å². The Morgan fingerprint density at radius 2 is 1.77 bits per heavy atom. The van der Waals surface area contributed by atoms with Gasteiger partial charge >= 0.3 is 0 Å². The minimum absolute atomic E-state index is 0.0398. The smallest absolute Gasteiger partial charge is 0.261 e. The number of hydrogen-bond donors (Lipinski definition) is 1. The molecular formula is C16H15BrN2O5S2. The molecule has 0 spiro atoms. The van der Waals surface area contributed by atoms with Crippen LogP contribution in [0.25, 0.3) is 0 Å². The summed E-state index contributed by atoms with van der Waals surface area (Å²) in [6.07, 6.45) is -0.0771. The Kier molecular flexibility index (Phi) is 4.84. The van der Waals surface area contributed by atoms with Gasteiger partial charge in [0.25, 0.3) is 10.0 Å². The van der Waals surface area contributed by atoms with E-state index >= 15 is 0 Å². The van der Waals surface area contributed by atoms with Crippen LogP contribution in [-0.4, -0.2) is 28.5 Å². The first kappa shape index (κ1) is 18.9. The third-order valence-electron chi connectivity index (χ3n) is 3.88. The number of benzene rings is 2. The zero-order valence-corrected chi connectivity index (χ0v) is 16.9. The van der Waals surface area contributed by atoms with Gasteiger partial charge in [-0.2, -0.15) is 0 Å². The van der Waals surface area contributed by atoms with Crippen molar-refractivity contribution in [3.05, 3.63) is 52.5 Å². The Balaban J connectivity index is 1.87. The van der Waals surface area contributed by atoms with Crippen LogP contribution in [0, 0.1) is 6.92 Å². The summed E-state index contributed by atoms with van der Waals surface area (Å²) in [5.74, 6) is -0.765. The second kappa shape index (κ2) is 6.67. The zero-order valence-electron chi connectivity index (χ0n) is 13.6. The molecule has 1 heterocycles. The molecule has 2 aromatic carbocycles. The van der Waals surface area contributed by atoms with Crippen LogP contribution in [0.5, 0.6) is 0 Å². The summed E-state index contributed by atoms with van der Waals surface area (Å²) in [5.41, 5.74) is 1.49. The van der Waals surface area contributed by atoms with Crippen molar-refractivity contribution in [1.29, 1.82) is 0 Å². The largest absolute Gasteiger partial charge is 0.280 e. The highest BCUT2D eigenvalue weighted by atomic mass is 79.9. The molecule has 10 heteroatoms. The van der Waals surface area contributed by atoms with E-state index in [9.17, 15) is 21.6 Å². The van der Waals surface area contributed by atoms with E-state index in [1.54, 1.807) is 18.2 Å². The van der Waals surface area contributed by atoms with Crippen LogP contribution in [0.3, 0.4) is 0 Å². The molecule has 1 N–H and O–H groups in total. The summed E-state index contributed by atoms with van der Waals surface area (Å²) in [5, 5.41) is 0. The van der Waals surface area contributed by atoms with Crippen molar-refractivity contribution in [2.75, 3.05) is 14.8 Å². The van der Waals surface area contributed by atoms with Gasteiger partial charge in [-0.1, -0.05) is 22.0 Å². The maximum absolute atomic E-state index is 12.5. The van der Waals surface area contributed by atoms with Crippen LogP contribution in [0.2, 0.25) is 0 Å². The van der Waals surface area contributed by atoms with Gasteiger partial charge in [-0.3, -0.25) is 9.52 Å². The molecule has 1 aliphatic heterocycles. The lowest BCUT2D eigenvalue weighted by atomic mass is 10.2. The van der Waals surface area contributed by atoms with Crippen LogP contribution < -0.4 is 9.03 Å². The molecule has 26 heavy (non-hydrogen) atoms. The number of hydrogen-bond acceptors (Lipinski definition) is 5. The molecule has 3 rings (SSSR count). The van der Waals surface area contributed by atoms with E-state index in [0.717, 1.165) is 10.0 Å². The summed E-state index contributed by atoms with van der Waals surface area (Å²) in [4.78, 5) is 11.7. The molecule has 0 aliphatic carbocycles. The van der Waals surface area contributed by atoms with Gasteiger partial charge in [-0.05, 0) is 48.9 Å². The third-order valence-corrected chi connectivity index (χ3v) is 7.83. The Hall–Kier alpha value is -1.91. The van der Waals surface area contributed by atoms with Crippen molar-refractivity contribution in [3.63, 3.8) is 0 Å². The number of halogens is 1. The van der Waals surface area contributed by atoms with Crippen molar-refractivity contribution in [2.24, 2.45) is 0 Å². The summed E-state index contributed by atoms with van der Waals surface area (Å²) in [6, 6.07) is 10.2. The summed E-state index contributed by atoms with van der Waals surface area (Å²) in [7, 11) is -7.53. The molecule has 1 aliphatic rings. The number of nitrogens with one attached hydrogen (secondary N) is 1. The van der Waals surface area contributed by atoms with Gasteiger partial charge in [0.05, 0.1) is 16.3 Å². The first-order valence-electron chi connectivity index (χ1n) is 7.55. The second-order valence-corrected chi connectivity index (χ2v) is 10.3. The van der Waals surface area contributed by atoms with Crippen molar-refractivity contribution in [2.45, 2.75) is 18.2 Å². The number of carbonyl (C=O) groups excluding carboxylic acids is 1. The van der Waals surface area contributed by atoms with E-state index in [4.69, 9.17) is 0 Å². The van der Waals surface area contributed by atoms with E-state index in [1.807, 2.05) is 6.92 Å². The fourth-order valence-corrected chi connectivity index (χ4v) is 5.39. The van der Waals surface area contributed by atoms with Crippen molar-refractivity contribution < 1.29 is 21.6 Å². The van der Waals surface area contributed by atoms with E-state index < -0.39 is 26.0 Å². The Labute approximate surface area is 160 Å². The van der Waals surface area contributed by atoms with Gasteiger partial charge < -0.3 is 0 Å². The van der Waals surface area contributed by atoms with E-state index in [2.05, 4.69) is 20.7 Å². The van der Waals surface area contributed by atoms with Crippen molar-refractivity contribution in [3.8, 4) is 0 Å². The third kappa shape index (κ3) is 3.62. The molecule has 0 aromatic heterocycles. The lowest BCUT2D eigenvalue weighted by molar-refractivity contribution is -0.116. The van der Waals surface area contributed by atoms with Gasteiger partial charge in [-0.25, -0.2) is 21.1 Å². The first-order valence-corrected chi connectivity index (χ1v) is 11.4. The predicted octanol–water partition coefficient (Wildman–Crippen LogP) is 2.62. The molecular weight excluding hydrogens is 444 g/mol. The lowest BCUT2D eigenvalue weighted by Gasteiger charge is -2.15. The Morgan fingerprint density at radius 3 is 2.31 bits per heavy atom. The van der Waals surface area contributed by atoms with Gasteiger partial charge in [0, 0.05) is 16.6 Å². The van der Waals surface area contributed by atoms with E-state index in [0.29, 0.717) is 9.99 Å². The fraction of sp³-hybridized carbons (Fsp3) is 0.188. The number of rotatable bonds is 4. The summed E-state index contributed by atoms with van der Waals surface area (Å²) >= 11 is 3.34. The maximum atomic E-state index is 12.5. The summed E-state index contributed by atoms with van der Waals surface area (Å²) < 4.78 is 52.8. The second-order valence-electron chi connectivity index (χ2n) is 5.79. The van der Waals surface area contributed by atoms with Gasteiger partial charge in [0.1, 0.15) is 0 Å². The Bertz CT molecular complexity index is 1080. The monoisotopic (exact) mass is 458 g/mol. The minimum atomic E-state index is -3.85. The summed E-state index contributed by atoms with van der Waals surface area (Å²) in [6.45, 7) is 1.88. The van der Waals surface area contributed by atoms with Crippen LogP contribution in [-0.2, 0) is 24.8 Å². The lowest BCUT2D eigenvalue weighted by Crippen LogP contribution is -2.29. The topological polar surface area (TPSA) is 101 Å². The Morgan fingerprint density at radius 1 is 1.12 bits per heavy atom. The molecule has 0 radical (unpaired) electrons. The SMILES string of the molecule is Cc1ccc(NS(=O)(=O)c2ccc(N3C(=O)CCS3(=O)=O)cc2)cc1Br. The van der Waals surface area contributed by atoms with Gasteiger partial charge in [-0.15, -0.1) is 0 Å². The van der Waals surface area contributed by atoms with Gasteiger partial charge in [0.2, 0.25) is 15.9 Å². The molecule has 7 nitrogen and oxygen atoms in total. The van der Waals surface area contributed by atoms with Crippen LogP contribution in [0.1, 0.15) is 12.0 Å². The zero-order chi connectivity index (χ0) is 19.1. The highest BCUT2D eigenvalue weighted by Gasteiger charge is 2.36.